The van der Waals surface area contributed by atoms with Gasteiger partial charge in [-0.15, -0.1) is 0 Å². The molecule has 0 saturated carbocycles. The fourth-order valence-electron chi connectivity index (χ4n) is 2.82. The molecule has 4 rings (SSSR count). The summed E-state index contributed by atoms with van der Waals surface area (Å²) in [5.74, 6) is 1.55. The minimum Gasteiger partial charge on any atom is -0.497 e. The van der Waals surface area contributed by atoms with Crippen molar-refractivity contribution in [2.75, 3.05) is 12.4 Å². The van der Waals surface area contributed by atoms with Gasteiger partial charge in [-0.3, -0.25) is 0 Å². The topological polar surface area (TPSA) is 52.0 Å². The molecule has 2 aromatic carbocycles. The van der Waals surface area contributed by atoms with Crippen molar-refractivity contribution in [2.24, 2.45) is 0 Å². The standard InChI is InChI=1S/C18H15BrN4O/c1-24-15-7-3-5-13(9-15)17-10-16(12-4-2-6-14(19)8-12)22-18-20-11-21-23(17)18/h2-11,17H,1H3,(H,20,21,22)/t17-/m1/s1. The second-order valence-corrected chi connectivity index (χ2v) is 6.38. The Kier molecular flexibility index (Phi) is 3.82. The molecular formula is C18H15BrN4O. The lowest BCUT2D eigenvalue weighted by Gasteiger charge is -2.24. The van der Waals surface area contributed by atoms with Crippen LogP contribution in [0.25, 0.3) is 5.70 Å². The van der Waals surface area contributed by atoms with Gasteiger partial charge in [0.25, 0.3) is 0 Å². The molecule has 2 heterocycles. The Morgan fingerprint density at radius 2 is 2.04 bits per heavy atom. The van der Waals surface area contributed by atoms with Crippen molar-refractivity contribution >= 4 is 27.6 Å². The van der Waals surface area contributed by atoms with E-state index in [-0.39, 0.29) is 6.04 Å². The number of fused-ring (bicyclic) bond motifs is 1. The fraction of sp³-hybridized carbons (Fsp3) is 0.111. The van der Waals surface area contributed by atoms with Crippen LogP contribution < -0.4 is 10.1 Å². The molecule has 1 N–H and O–H groups in total. The first-order chi connectivity index (χ1) is 11.7. The summed E-state index contributed by atoms with van der Waals surface area (Å²) >= 11 is 3.53. The molecule has 0 radical (unpaired) electrons. The summed E-state index contributed by atoms with van der Waals surface area (Å²) in [6.45, 7) is 0. The average molecular weight is 383 g/mol. The minimum atomic E-state index is -0.0483. The van der Waals surface area contributed by atoms with Crippen LogP contribution in [0.2, 0.25) is 0 Å². The fourth-order valence-corrected chi connectivity index (χ4v) is 3.22. The van der Waals surface area contributed by atoms with E-state index in [1.165, 1.54) is 0 Å². The highest BCUT2D eigenvalue weighted by atomic mass is 79.9. The summed E-state index contributed by atoms with van der Waals surface area (Å²) in [7, 11) is 1.67. The highest BCUT2D eigenvalue weighted by molar-refractivity contribution is 9.10. The van der Waals surface area contributed by atoms with Crippen LogP contribution in [0.1, 0.15) is 17.2 Å². The number of nitrogens with zero attached hydrogens (tertiary/aromatic N) is 3. The van der Waals surface area contributed by atoms with Crippen LogP contribution in [0.5, 0.6) is 5.75 Å². The molecule has 1 aromatic heterocycles. The van der Waals surface area contributed by atoms with E-state index < -0.39 is 0 Å². The van der Waals surface area contributed by atoms with Crippen LogP contribution in [0.15, 0.2) is 65.4 Å². The summed E-state index contributed by atoms with van der Waals surface area (Å²) < 4.78 is 8.26. The van der Waals surface area contributed by atoms with Gasteiger partial charge in [0.1, 0.15) is 18.1 Å². The largest absolute Gasteiger partial charge is 0.497 e. The second-order valence-electron chi connectivity index (χ2n) is 5.47. The van der Waals surface area contributed by atoms with Gasteiger partial charge in [-0.25, -0.2) is 4.68 Å². The van der Waals surface area contributed by atoms with Crippen LogP contribution in [-0.2, 0) is 0 Å². The van der Waals surface area contributed by atoms with E-state index in [4.69, 9.17) is 4.74 Å². The SMILES string of the molecule is COc1cccc([C@H]2C=C(c3cccc(Br)c3)Nc3ncnn32)c1. The number of allylic oxidation sites excluding steroid dienone is 1. The lowest BCUT2D eigenvalue weighted by atomic mass is 10.0. The summed E-state index contributed by atoms with van der Waals surface area (Å²) in [4.78, 5) is 4.33. The second kappa shape index (κ2) is 6.13. The van der Waals surface area contributed by atoms with Crippen molar-refractivity contribution in [3.05, 3.63) is 76.5 Å². The van der Waals surface area contributed by atoms with Crippen molar-refractivity contribution in [3.8, 4) is 5.75 Å². The maximum atomic E-state index is 5.35. The quantitative estimate of drug-likeness (QED) is 0.740. The Bertz CT molecular complexity index is 919. The van der Waals surface area contributed by atoms with Gasteiger partial charge in [-0.1, -0.05) is 40.2 Å². The van der Waals surface area contributed by atoms with Crippen molar-refractivity contribution in [3.63, 3.8) is 0 Å². The van der Waals surface area contributed by atoms with E-state index in [0.717, 1.165) is 33.0 Å². The van der Waals surface area contributed by atoms with Crippen LogP contribution >= 0.6 is 15.9 Å². The van der Waals surface area contributed by atoms with Crippen LogP contribution in [0.3, 0.4) is 0 Å². The first kappa shape index (κ1) is 15.0. The van der Waals surface area contributed by atoms with E-state index in [0.29, 0.717) is 0 Å². The molecule has 6 heteroatoms. The van der Waals surface area contributed by atoms with Crippen molar-refractivity contribution in [1.82, 2.24) is 14.8 Å². The maximum absolute atomic E-state index is 5.35. The molecule has 1 aliphatic rings. The van der Waals surface area contributed by atoms with Crippen molar-refractivity contribution in [2.45, 2.75) is 6.04 Å². The smallest absolute Gasteiger partial charge is 0.226 e. The lowest BCUT2D eigenvalue weighted by Crippen LogP contribution is -2.20. The van der Waals surface area contributed by atoms with Crippen LogP contribution in [0.4, 0.5) is 5.95 Å². The van der Waals surface area contributed by atoms with E-state index in [9.17, 15) is 0 Å². The number of anilines is 1. The number of hydrogen-bond acceptors (Lipinski definition) is 4. The summed E-state index contributed by atoms with van der Waals surface area (Å²) in [6.07, 6.45) is 3.71. The predicted molar refractivity (Wildman–Crippen MR) is 96.9 cm³/mol. The van der Waals surface area contributed by atoms with Gasteiger partial charge in [0.2, 0.25) is 5.95 Å². The van der Waals surface area contributed by atoms with E-state index in [1.54, 1.807) is 13.4 Å². The van der Waals surface area contributed by atoms with Gasteiger partial charge in [0.05, 0.1) is 7.11 Å². The average Bonchev–Trinajstić information content (AvgIpc) is 3.09. The number of aromatic nitrogens is 3. The molecule has 0 fully saturated rings. The van der Waals surface area contributed by atoms with Gasteiger partial charge in [0.15, 0.2) is 0 Å². The van der Waals surface area contributed by atoms with Gasteiger partial charge in [0, 0.05) is 10.2 Å². The number of benzene rings is 2. The highest BCUT2D eigenvalue weighted by Gasteiger charge is 2.23. The van der Waals surface area contributed by atoms with E-state index in [1.807, 2.05) is 35.0 Å². The molecule has 0 unspecified atom stereocenters. The predicted octanol–water partition coefficient (Wildman–Crippen LogP) is 4.11. The molecular weight excluding hydrogens is 368 g/mol. The Labute approximate surface area is 148 Å². The van der Waals surface area contributed by atoms with Crippen LogP contribution in [0, 0.1) is 0 Å². The molecule has 0 saturated heterocycles. The van der Waals surface area contributed by atoms with Crippen LogP contribution in [-0.4, -0.2) is 21.9 Å². The third-order valence-corrected chi connectivity index (χ3v) is 4.47. The van der Waals surface area contributed by atoms with E-state index >= 15 is 0 Å². The molecule has 0 amide bonds. The third kappa shape index (κ3) is 2.69. The zero-order chi connectivity index (χ0) is 16.5. The molecule has 1 aliphatic heterocycles. The van der Waals surface area contributed by atoms with Gasteiger partial charge < -0.3 is 10.1 Å². The molecule has 120 valence electrons. The maximum Gasteiger partial charge on any atom is 0.226 e. The molecule has 0 bridgehead atoms. The Hall–Kier alpha value is -2.60. The number of halogens is 1. The molecule has 0 spiro atoms. The Morgan fingerprint density at radius 3 is 2.88 bits per heavy atom. The Morgan fingerprint density at radius 1 is 1.17 bits per heavy atom. The summed E-state index contributed by atoms with van der Waals surface area (Å²) in [5.41, 5.74) is 3.19. The molecule has 24 heavy (non-hydrogen) atoms. The first-order valence-corrected chi connectivity index (χ1v) is 8.32. The zero-order valence-corrected chi connectivity index (χ0v) is 14.6. The zero-order valence-electron chi connectivity index (χ0n) is 13.0. The molecule has 5 nitrogen and oxygen atoms in total. The first-order valence-electron chi connectivity index (χ1n) is 7.53. The third-order valence-electron chi connectivity index (χ3n) is 3.98. The van der Waals surface area contributed by atoms with Gasteiger partial charge in [-0.05, 0) is 41.5 Å². The number of nitrogens with one attached hydrogen (secondary N) is 1. The number of rotatable bonds is 3. The minimum absolute atomic E-state index is 0.0483. The van der Waals surface area contributed by atoms with Gasteiger partial charge >= 0.3 is 0 Å². The summed E-state index contributed by atoms with van der Waals surface area (Å²) in [5, 5.41) is 7.71. The lowest BCUT2D eigenvalue weighted by molar-refractivity contribution is 0.413. The Balaban J connectivity index is 1.82. The normalized spacial score (nSPS) is 16.1. The van der Waals surface area contributed by atoms with Gasteiger partial charge in [-0.2, -0.15) is 10.1 Å². The van der Waals surface area contributed by atoms with E-state index in [2.05, 4.69) is 55.6 Å². The molecule has 1 atom stereocenters. The number of methoxy groups -OCH3 is 1. The monoisotopic (exact) mass is 382 g/mol. The summed E-state index contributed by atoms with van der Waals surface area (Å²) in [6, 6.07) is 16.1. The number of ether oxygens (including phenoxy) is 1. The van der Waals surface area contributed by atoms with Crippen molar-refractivity contribution in [1.29, 1.82) is 0 Å². The molecule has 0 aliphatic carbocycles. The van der Waals surface area contributed by atoms with Crippen molar-refractivity contribution < 1.29 is 4.74 Å². The molecule has 3 aromatic rings. The number of hydrogen-bond donors (Lipinski definition) is 1. The highest BCUT2D eigenvalue weighted by Crippen LogP contribution is 2.33.